The maximum atomic E-state index is 12.4. The number of carbonyl (C=O) groups is 2. The second-order valence-electron chi connectivity index (χ2n) is 5.59. The molecule has 0 unspecified atom stereocenters. The third-order valence-corrected chi connectivity index (χ3v) is 4.46. The van der Waals surface area contributed by atoms with Crippen molar-refractivity contribution in [2.45, 2.75) is 6.42 Å². The van der Waals surface area contributed by atoms with Crippen molar-refractivity contribution < 1.29 is 14.3 Å². The van der Waals surface area contributed by atoms with E-state index >= 15 is 0 Å². The molecule has 2 aromatic carbocycles. The van der Waals surface area contributed by atoms with Crippen LogP contribution in [0.3, 0.4) is 0 Å². The highest BCUT2D eigenvalue weighted by Crippen LogP contribution is 2.23. The van der Waals surface area contributed by atoms with Gasteiger partial charge in [-0.25, -0.2) is 0 Å². The molecule has 0 aliphatic carbocycles. The van der Waals surface area contributed by atoms with Gasteiger partial charge in [-0.15, -0.1) is 0 Å². The standard InChI is InChI=1S/C20H18N2O3S/c1-25-18-5-3-2-4-17(18)22-20(24)15-6-8-16(9-7-15)21-19(23)12-14-10-11-26-13-14/h2-11,13H,12H2,1H3,(H,21,23)(H,22,24). The van der Waals surface area contributed by atoms with Crippen molar-refractivity contribution in [2.75, 3.05) is 17.7 Å². The van der Waals surface area contributed by atoms with Crippen molar-refractivity contribution in [3.8, 4) is 5.75 Å². The number of thiophene rings is 1. The van der Waals surface area contributed by atoms with Crippen LogP contribution in [0.2, 0.25) is 0 Å². The highest BCUT2D eigenvalue weighted by atomic mass is 32.1. The first kappa shape index (κ1) is 17.7. The molecule has 6 heteroatoms. The lowest BCUT2D eigenvalue weighted by Gasteiger charge is -2.10. The minimum absolute atomic E-state index is 0.0883. The molecule has 3 aromatic rings. The van der Waals surface area contributed by atoms with Crippen LogP contribution in [0.5, 0.6) is 5.75 Å². The molecule has 0 aliphatic rings. The van der Waals surface area contributed by atoms with Gasteiger partial charge in [0.1, 0.15) is 5.75 Å². The Morgan fingerprint density at radius 1 is 1.00 bits per heavy atom. The molecule has 0 bridgehead atoms. The fourth-order valence-corrected chi connectivity index (χ4v) is 3.10. The predicted molar refractivity (Wildman–Crippen MR) is 104 cm³/mol. The monoisotopic (exact) mass is 366 g/mol. The van der Waals surface area contributed by atoms with Crippen molar-refractivity contribution in [3.63, 3.8) is 0 Å². The minimum Gasteiger partial charge on any atom is -0.495 e. The second kappa shape index (κ2) is 8.31. The van der Waals surface area contributed by atoms with Gasteiger partial charge in [0, 0.05) is 11.3 Å². The number of ether oxygens (including phenoxy) is 1. The first-order chi connectivity index (χ1) is 12.7. The third-order valence-electron chi connectivity index (χ3n) is 3.73. The number of methoxy groups -OCH3 is 1. The van der Waals surface area contributed by atoms with Gasteiger partial charge in [-0.1, -0.05) is 12.1 Å². The Morgan fingerprint density at radius 2 is 1.77 bits per heavy atom. The molecule has 1 aromatic heterocycles. The number of carbonyl (C=O) groups excluding carboxylic acids is 2. The highest BCUT2D eigenvalue weighted by molar-refractivity contribution is 7.08. The summed E-state index contributed by atoms with van der Waals surface area (Å²) in [6, 6.07) is 15.9. The number of hydrogen-bond acceptors (Lipinski definition) is 4. The molecule has 26 heavy (non-hydrogen) atoms. The van der Waals surface area contributed by atoms with Gasteiger partial charge in [0.05, 0.1) is 19.2 Å². The smallest absolute Gasteiger partial charge is 0.255 e. The van der Waals surface area contributed by atoms with E-state index in [0.717, 1.165) is 5.56 Å². The molecule has 132 valence electrons. The number of benzene rings is 2. The van der Waals surface area contributed by atoms with E-state index in [0.29, 0.717) is 29.1 Å². The fraction of sp³-hybridized carbons (Fsp3) is 0.100. The third kappa shape index (κ3) is 4.49. The summed E-state index contributed by atoms with van der Waals surface area (Å²) < 4.78 is 5.23. The Hall–Kier alpha value is -3.12. The van der Waals surface area contributed by atoms with E-state index in [1.54, 1.807) is 54.8 Å². The molecular weight excluding hydrogens is 348 g/mol. The van der Waals surface area contributed by atoms with Crippen LogP contribution in [0.15, 0.2) is 65.4 Å². The van der Waals surface area contributed by atoms with Crippen LogP contribution < -0.4 is 15.4 Å². The van der Waals surface area contributed by atoms with Gasteiger partial charge in [-0.3, -0.25) is 9.59 Å². The van der Waals surface area contributed by atoms with Crippen molar-refractivity contribution in [2.24, 2.45) is 0 Å². The summed E-state index contributed by atoms with van der Waals surface area (Å²) in [7, 11) is 1.55. The van der Waals surface area contributed by atoms with Crippen LogP contribution in [0.4, 0.5) is 11.4 Å². The van der Waals surface area contributed by atoms with Gasteiger partial charge in [0.2, 0.25) is 5.91 Å². The van der Waals surface area contributed by atoms with Gasteiger partial charge in [-0.2, -0.15) is 11.3 Å². The Labute approximate surface area is 155 Å². The summed E-state index contributed by atoms with van der Waals surface area (Å²) in [6.45, 7) is 0. The fourth-order valence-electron chi connectivity index (χ4n) is 2.43. The number of rotatable bonds is 6. The van der Waals surface area contributed by atoms with E-state index in [2.05, 4.69) is 10.6 Å². The molecule has 3 rings (SSSR count). The molecule has 2 amide bonds. The maximum Gasteiger partial charge on any atom is 0.255 e. The van der Waals surface area contributed by atoms with E-state index in [1.165, 1.54) is 0 Å². The van der Waals surface area contributed by atoms with E-state index in [4.69, 9.17) is 4.74 Å². The zero-order valence-corrected chi connectivity index (χ0v) is 15.0. The van der Waals surface area contributed by atoms with Crippen molar-refractivity contribution in [3.05, 3.63) is 76.5 Å². The molecule has 1 heterocycles. The van der Waals surface area contributed by atoms with Gasteiger partial charge >= 0.3 is 0 Å². The summed E-state index contributed by atoms with van der Waals surface area (Å²) in [4.78, 5) is 24.4. The van der Waals surface area contributed by atoms with E-state index < -0.39 is 0 Å². The molecule has 0 saturated carbocycles. The zero-order chi connectivity index (χ0) is 18.4. The number of para-hydroxylation sites is 2. The van der Waals surface area contributed by atoms with Crippen LogP contribution in [0.25, 0.3) is 0 Å². The molecule has 0 spiro atoms. The molecule has 0 aliphatic heterocycles. The Balaban J connectivity index is 1.61. The summed E-state index contributed by atoms with van der Waals surface area (Å²) in [6.07, 6.45) is 0.333. The molecule has 0 fully saturated rings. The SMILES string of the molecule is COc1ccccc1NC(=O)c1ccc(NC(=O)Cc2ccsc2)cc1. The molecular formula is C20H18N2O3S. The van der Waals surface area contributed by atoms with Crippen LogP contribution >= 0.6 is 11.3 Å². The predicted octanol–water partition coefficient (Wildman–Crippen LogP) is 4.19. The first-order valence-corrected chi connectivity index (χ1v) is 8.95. The summed E-state index contributed by atoms with van der Waals surface area (Å²) in [5.74, 6) is 0.262. The average molecular weight is 366 g/mol. The second-order valence-corrected chi connectivity index (χ2v) is 6.37. The Morgan fingerprint density at radius 3 is 2.46 bits per heavy atom. The maximum absolute atomic E-state index is 12.4. The van der Waals surface area contributed by atoms with Crippen LogP contribution in [-0.2, 0) is 11.2 Å². The minimum atomic E-state index is -0.245. The lowest BCUT2D eigenvalue weighted by Crippen LogP contribution is -2.15. The molecule has 0 atom stereocenters. The zero-order valence-electron chi connectivity index (χ0n) is 14.2. The van der Waals surface area contributed by atoms with E-state index in [1.807, 2.05) is 29.0 Å². The van der Waals surface area contributed by atoms with Gasteiger partial charge < -0.3 is 15.4 Å². The average Bonchev–Trinajstić information content (AvgIpc) is 3.15. The summed E-state index contributed by atoms with van der Waals surface area (Å²) in [5, 5.41) is 9.54. The van der Waals surface area contributed by atoms with Crippen molar-refractivity contribution in [1.82, 2.24) is 0 Å². The molecule has 2 N–H and O–H groups in total. The lowest BCUT2D eigenvalue weighted by atomic mass is 10.1. The number of nitrogens with one attached hydrogen (secondary N) is 2. The topological polar surface area (TPSA) is 67.4 Å². The van der Waals surface area contributed by atoms with Crippen molar-refractivity contribution >= 4 is 34.5 Å². The Kier molecular flexibility index (Phi) is 5.66. The number of anilines is 2. The van der Waals surface area contributed by atoms with Crippen LogP contribution in [-0.4, -0.2) is 18.9 Å². The van der Waals surface area contributed by atoms with Gasteiger partial charge in [0.15, 0.2) is 0 Å². The molecule has 5 nitrogen and oxygen atoms in total. The van der Waals surface area contributed by atoms with Gasteiger partial charge in [-0.05, 0) is 58.8 Å². The first-order valence-electron chi connectivity index (χ1n) is 8.01. The number of hydrogen-bond donors (Lipinski definition) is 2. The number of amides is 2. The van der Waals surface area contributed by atoms with Crippen LogP contribution in [0.1, 0.15) is 15.9 Å². The van der Waals surface area contributed by atoms with E-state index in [9.17, 15) is 9.59 Å². The summed E-state index contributed by atoms with van der Waals surface area (Å²) >= 11 is 1.56. The highest BCUT2D eigenvalue weighted by Gasteiger charge is 2.10. The summed E-state index contributed by atoms with van der Waals surface area (Å²) in [5.41, 5.74) is 2.74. The molecule has 0 saturated heterocycles. The lowest BCUT2D eigenvalue weighted by molar-refractivity contribution is -0.115. The largest absolute Gasteiger partial charge is 0.495 e. The molecule has 0 radical (unpaired) electrons. The van der Waals surface area contributed by atoms with E-state index in [-0.39, 0.29) is 11.8 Å². The van der Waals surface area contributed by atoms with Gasteiger partial charge in [0.25, 0.3) is 5.91 Å². The quantitative estimate of drug-likeness (QED) is 0.687. The normalized spacial score (nSPS) is 10.2. The van der Waals surface area contributed by atoms with Crippen LogP contribution in [0, 0.1) is 0 Å². The Bertz CT molecular complexity index is 890. The van der Waals surface area contributed by atoms with Crippen molar-refractivity contribution in [1.29, 1.82) is 0 Å².